The number of aliphatic hydroxyl groups is 1. The maximum Gasteiger partial charge on any atom is 0.236 e. The van der Waals surface area contributed by atoms with Gasteiger partial charge in [0.2, 0.25) is 5.91 Å². The molecule has 3 nitrogen and oxygen atoms in total. The van der Waals surface area contributed by atoms with Gasteiger partial charge in [0.15, 0.2) is 0 Å². The lowest BCUT2D eigenvalue weighted by Crippen LogP contribution is -2.49. The van der Waals surface area contributed by atoms with Crippen molar-refractivity contribution in [1.29, 1.82) is 0 Å². The van der Waals surface area contributed by atoms with Gasteiger partial charge in [-0.05, 0) is 25.2 Å². The van der Waals surface area contributed by atoms with Crippen LogP contribution in [0.2, 0.25) is 0 Å². The van der Waals surface area contributed by atoms with E-state index in [1.165, 1.54) is 6.42 Å². The van der Waals surface area contributed by atoms with Crippen LogP contribution in [0.1, 0.15) is 33.1 Å². The minimum atomic E-state index is -0.121. The zero-order chi connectivity index (χ0) is 11.4. The lowest BCUT2D eigenvalue weighted by molar-refractivity contribution is -0.135. The molecule has 4 heteroatoms. The summed E-state index contributed by atoms with van der Waals surface area (Å²) in [7, 11) is 0. The van der Waals surface area contributed by atoms with Gasteiger partial charge in [-0.3, -0.25) is 4.79 Å². The Hall–Kier alpha value is -0.0900. The summed E-state index contributed by atoms with van der Waals surface area (Å²) in [6.45, 7) is 4.57. The van der Waals surface area contributed by atoms with Crippen LogP contribution in [0, 0.1) is 5.92 Å². The van der Waals surface area contributed by atoms with Gasteiger partial charge in [0, 0.05) is 12.6 Å². The molecule has 1 amide bonds. The van der Waals surface area contributed by atoms with E-state index in [0.717, 1.165) is 12.8 Å². The first-order valence-corrected chi connectivity index (χ1v) is 6.55. The van der Waals surface area contributed by atoms with Crippen molar-refractivity contribution in [2.45, 2.75) is 44.0 Å². The Morgan fingerprint density at radius 3 is 2.47 bits per heavy atom. The lowest BCUT2D eigenvalue weighted by atomic mass is 9.91. The van der Waals surface area contributed by atoms with Crippen molar-refractivity contribution in [3.8, 4) is 0 Å². The van der Waals surface area contributed by atoms with Crippen LogP contribution >= 0.6 is 15.9 Å². The number of hydrogen-bond acceptors (Lipinski definition) is 2. The molecule has 1 saturated carbocycles. The Morgan fingerprint density at radius 2 is 2.13 bits per heavy atom. The van der Waals surface area contributed by atoms with Gasteiger partial charge in [0.1, 0.15) is 0 Å². The van der Waals surface area contributed by atoms with E-state index >= 15 is 0 Å². The fraction of sp³-hybridized carbons (Fsp3) is 0.909. The normalized spacial score (nSPS) is 18.7. The molecular formula is C11H20BrNO2. The number of hydrogen-bond donors (Lipinski definition) is 1. The molecule has 15 heavy (non-hydrogen) atoms. The van der Waals surface area contributed by atoms with Crippen molar-refractivity contribution in [2.24, 2.45) is 5.92 Å². The predicted molar refractivity (Wildman–Crippen MR) is 64.0 cm³/mol. The molecular weight excluding hydrogens is 258 g/mol. The lowest BCUT2D eigenvalue weighted by Gasteiger charge is -2.38. The fourth-order valence-electron chi connectivity index (χ4n) is 1.72. The first-order valence-electron chi connectivity index (χ1n) is 5.63. The average Bonchev–Trinajstić information content (AvgIpc) is 2.12. The minimum absolute atomic E-state index is 0.0556. The second-order valence-electron chi connectivity index (χ2n) is 4.49. The van der Waals surface area contributed by atoms with Crippen LogP contribution in [-0.4, -0.2) is 39.9 Å². The third-order valence-corrected chi connectivity index (χ3v) is 4.41. The molecule has 1 rings (SSSR count). The number of carbonyl (C=O) groups is 1. The summed E-state index contributed by atoms with van der Waals surface area (Å²) in [6, 6.07) is 0.364. The number of nitrogens with zero attached hydrogens (tertiary/aromatic N) is 1. The van der Waals surface area contributed by atoms with E-state index in [2.05, 4.69) is 15.9 Å². The highest BCUT2D eigenvalue weighted by molar-refractivity contribution is 9.10. The van der Waals surface area contributed by atoms with E-state index in [-0.39, 0.29) is 17.3 Å². The zero-order valence-corrected chi connectivity index (χ0v) is 11.0. The van der Waals surface area contributed by atoms with Gasteiger partial charge in [-0.25, -0.2) is 0 Å². The Morgan fingerprint density at radius 1 is 1.53 bits per heavy atom. The van der Waals surface area contributed by atoms with Crippen molar-refractivity contribution in [1.82, 2.24) is 4.90 Å². The molecule has 1 N–H and O–H groups in total. The maximum atomic E-state index is 12.1. The molecule has 1 atom stereocenters. The molecule has 0 aromatic heterocycles. The van der Waals surface area contributed by atoms with Gasteiger partial charge in [-0.1, -0.05) is 29.8 Å². The van der Waals surface area contributed by atoms with Crippen molar-refractivity contribution < 1.29 is 9.90 Å². The molecule has 0 aromatic carbocycles. The van der Waals surface area contributed by atoms with Crippen LogP contribution < -0.4 is 0 Å². The summed E-state index contributed by atoms with van der Waals surface area (Å²) in [5.41, 5.74) is 0. The number of carbonyl (C=O) groups excluding carboxylic acids is 1. The van der Waals surface area contributed by atoms with Gasteiger partial charge >= 0.3 is 0 Å². The van der Waals surface area contributed by atoms with Crippen LogP contribution in [-0.2, 0) is 4.79 Å². The van der Waals surface area contributed by atoms with Gasteiger partial charge < -0.3 is 10.0 Å². The SMILES string of the molecule is CC(C)C(Br)C(=O)N(CCO)C1CCC1. The second kappa shape index (κ2) is 5.85. The Balaban J connectivity index is 2.57. The summed E-state index contributed by atoms with van der Waals surface area (Å²) in [5.74, 6) is 0.419. The van der Waals surface area contributed by atoms with Crippen molar-refractivity contribution in [2.75, 3.05) is 13.2 Å². The Kier molecular flexibility index (Phi) is 5.06. The van der Waals surface area contributed by atoms with E-state index in [0.29, 0.717) is 18.5 Å². The first kappa shape index (κ1) is 13.0. The number of alkyl halides is 1. The van der Waals surface area contributed by atoms with Crippen LogP contribution in [0.25, 0.3) is 0 Å². The number of rotatable bonds is 5. The van der Waals surface area contributed by atoms with Gasteiger partial charge in [-0.2, -0.15) is 0 Å². The van der Waals surface area contributed by atoms with Crippen molar-refractivity contribution in [3.63, 3.8) is 0 Å². The molecule has 0 saturated heterocycles. The molecule has 0 bridgehead atoms. The molecule has 1 aliphatic rings. The second-order valence-corrected chi connectivity index (χ2v) is 5.47. The quantitative estimate of drug-likeness (QED) is 0.779. The number of amides is 1. The van der Waals surface area contributed by atoms with Crippen LogP contribution in [0.5, 0.6) is 0 Å². The fourth-order valence-corrected chi connectivity index (χ4v) is 1.99. The molecule has 0 radical (unpaired) electrons. The van der Waals surface area contributed by atoms with Crippen LogP contribution in [0.4, 0.5) is 0 Å². The van der Waals surface area contributed by atoms with Crippen LogP contribution in [0.3, 0.4) is 0 Å². The zero-order valence-electron chi connectivity index (χ0n) is 9.45. The van der Waals surface area contributed by atoms with E-state index in [1.807, 2.05) is 18.7 Å². The third-order valence-electron chi connectivity index (χ3n) is 2.96. The first-order chi connectivity index (χ1) is 7.07. The molecule has 1 unspecified atom stereocenters. The summed E-state index contributed by atoms with van der Waals surface area (Å²) in [6.07, 6.45) is 3.38. The average molecular weight is 278 g/mol. The molecule has 0 spiro atoms. The van der Waals surface area contributed by atoms with Crippen molar-refractivity contribution >= 4 is 21.8 Å². The Bertz CT molecular complexity index is 217. The summed E-state index contributed by atoms with van der Waals surface area (Å²) in [4.78, 5) is 13.8. The molecule has 0 heterocycles. The number of halogens is 1. The third kappa shape index (κ3) is 3.18. The van der Waals surface area contributed by atoms with Crippen molar-refractivity contribution in [3.05, 3.63) is 0 Å². The largest absolute Gasteiger partial charge is 0.395 e. The van der Waals surface area contributed by atoms with E-state index in [1.54, 1.807) is 0 Å². The molecule has 1 aliphatic carbocycles. The summed E-state index contributed by atoms with van der Waals surface area (Å²) in [5, 5.41) is 8.97. The monoisotopic (exact) mass is 277 g/mol. The highest BCUT2D eigenvalue weighted by Gasteiger charge is 2.32. The molecule has 0 aromatic rings. The summed E-state index contributed by atoms with van der Waals surface area (Å²) < 4.78 is 0. The van der Waals surface area contributed by atoms with Gasteiger partial charge in [-0.15, -0.1) is 0 Å². The van der Waals surface area contributed by atoms with E-state index in [4.69, 9.17) is 5.11 Å². The van der Waals surface area contributed by atoms with Crippen LogP contribution in [0.15, 0.2) is 0 Å². The highest BCUT2D eigenvalue weighted by Crippen LogP contribution is 2.27. The predicted octanol–water partition coefficient (Wildman–Crippen LogP) is 1.78. The van der Waals surface area contributed by atoms with E-state index < -0.39 is 0 Å². The smallest absolute Gasteiger partial charge is 0.236 e. The number of aliphatic hydroxyl groups excluding tert-OH is 1. The Labute approximate surface area is 100.0 Å². The molecule has 1 fully saturated rings. The summed E-state index contributed by atoms with van der Waals surface area (Å²) >= 11 is 3.43. The van der Waals surface area contributed by atoms with E-state index in [9.17, 15) is 4.79 Å². The highest BCUT2D eigenvalue weighted by atomic mass is 79.9. The van der Waals surface area contributed by atoms with Gasteiger partial charge in [0.05, 0.1) is 11.4 Å². The maximum absolute atomic E-state index is 12.1. The molecule has 88 valence electrons. The van der Waals surface area contributed by atoms with Gasteiger partial charge in [0.25, 0.3) is 0 Å². The molecule has 0 aliphatic heterocycles. The topological polar surface area (TPSA) is 40.5 Å². The standard InChI is InChI=1S/C11H20BrNO2/c1-8(2)10(12)11(15)13(6-7-14)9-4-3-5-9/h8-10,14H,3-7H2,1-2H3. The minimum Gasteiger partial charge on any atom is -0.395 e.